The van der Waals surface area contributed by atoms with E-state index in [2.05, 4.69) is 20.1 Å². The number of hydrogen-bond donors (Lipinski definition) is 2. The maximum Gasteiger partial charge on any atom is 0.255 e. The van der Waals surface area contributed by atoms with E-state index in [1.807, 2.05) is 54.6 Å². The molecule has 2 aromatic carbocycles. The van der Waals surface area contributed by atoms with Crippen LogP contribution in [0.5, 0.6) is 0 Å². The largest absolute Gasteiger partial charge is 0.370 e. The number of aryl methyl sites for hydroxylation is 1. The highest BCUT2D eigenvalue weighted by Gasteiger charge is 2.29. The van der Waals surface area contributed by atoms with Crippen LogP contribution in [0.25, 0.3) is 0 Å². The number of rotatable bonds is 9. The van der Waals surface area contributed by atoms with E-state index < -0.39 is 0 Å². The summed E-state index contributed by atoms with van der Waals surface area (Å²) in [5, 5.41) is 12.3. The van der Waals surface area contributed by atoms with Crippen LogP contribution in [0, 0.1) is 0 Å². The van der Waals surface area contributed by atoms with Crippen LogP contribution in [0.1, 0.15) is 47.1 Å². The second kappa shape index (κ2) is 9.13. The lowest BCUT2D eigenvalue weighted by Gasteiger charge is -2.09. The summed E-state index contributed by atoms with van der Waals surface area (Å²) in [5.74, 6) is 1.09. The van der Waals surface area contributed by atoms with E-state index in [1.165, 1.54) is 0 Å². The van der Waals surface area contributed by atoms with Crippen LogP contribution in [0.2, 0.25) is 0 Å². The van der Waals surface area contributed by atoms with Crippen molar-refractivity contribution in [2.75, 3.05) is 5.32 Å². The van der Waals surface area contributed by atoms with Crippen molar-refractivity contribution in [3.8, 4) is 0 Å². The van der Waals surface area contributed by atoms with Gasteiger partial charge in [-0.25, -0.2) is 0 Å². The Morgan fingerprint density at radius 3 is 2.47 bits per heavy atom. The van der Waals surface area contributed by atoms with Crippen LogP contribution >= 0.6 is 11.8 Å². The Balaban J connectivity index is 1.37. The summed E-state index contributed by atoms with van der Waals surface area (Å²) >= 11 is 1.61. The standard InChI is InChI=1S/C22H23N5O2S/c23-19(28)12-13-20-25-26-22(27(20)18-10-11-18)30-14-15-6-8-16(9-7-15)21(29)24-17-4-2-1-3-5-17/h1-9,18H,10-14H2,(H2,23,28)(H,24,29). The van der Waals surface area contributed by atoms with Crippen LogP contribution in [0.3, 0.4) is 0 Å². The molecule has 1 aliphatic carbocycles. The molecule has 3 N–H and O–H groups in total. The number of carbonyl (C=O) groups is 2. The highest BCUT2D eigenvalue weighted by Crippen LogP contribution is 2.39. The van der Waals surface area contributed by atoms with E-state index in [9.17, 15) is 9.59 Å². The number of primary amides is 1. The molecule has 0 saturated heterocycles. The summed E-state index contributed by atoms with van der Waals surface area (Å²) < 4.78 is 2.15. The van der Waals surface area contributed by atoms with Gasteiger partial charge in [0.15, 0.2) is 5.16 Å². The summed E-state index contributed by atoms with van der Waals surface area (Å²) in [6.07, 6.45) is 3.02. The first-order valence-corrected chi connectivity index (χ1v) is 10.9. The fourth-order valence-corrected chi connectivity index (χ4v) is 4.12. The van der Waals surface area contributed by atoms with Crippen LogP contribution in [0.4, 0.5) is 5.69 Å². The zero-order valence-corrected chi connectivity index (χ0v) is 17.3. The van der Waals surface area contributed by atoms with Crippen molar-refractivity contribution in [3.05, 3.63) is 71.5 Å². The zero-order valence-electron chi connectivity index (χ0n) is 16.5. The molecule has 7 nitrogen and oxygen atoms in total. The first-order valence-electron chi connectivity index (χ1n) is 9.90. The Kier molecular flexibility index (Phi) is 6.13. The highest BCUT2D eigenvalue weighted by molar-refractivity contribution is 7.98. The number of anilines is 1. The molecule has 0 atom stereocenters. The number of benzene rings is 2. The third kappa shape index (κ3) is 5.07. The molecule has 0 aliphatic heterocycles. The molecular weight excluding hydrogens is 398 g/mol. The number of thioether (sulfide) groups is 1. The van der Waals surface area contributed by atoms with Crippen molar-refractivity contribution >= 4 is 29.3 Å². The third-order valence-corrected chi connectivity index (χ3v) is 5.87. The van der Waals surface area contributed by atoms with E-state index in [0.717, 1.165) is 40.8 Å². The maximum absolute atomic E-state index is 12.4. The second-order valence-electron chi connectivity index (χ2n) is 7.27. The van der Waals surface area contributed by atoms with Gasteiger partial charge < -0.3 is 15.6 Å². The number of hydrogen-bond acceptors (Lipinski definition) is 5. The van der Waals surface area contributed by atoms with Crippen molar-refractivity contribution in [2.45, 2.75) is 42.6 Å². The Labute approximate surface area is 179 Å². The molecule has 1 heterocycles. The summed E-state index contributed by atoms with van der Waals surface area (Å²) in [5.41, 5.74) is 7.75. The zero-order chi connectivity index (χ0) is 20.9. The smallest absolute Gasteiger partial charge is 0.255 e. The Hall–Kier alpha value is -3.13. The summed E-state index contributed by atoms with van der Waals surface area (Å²) in [6.45, 7) is 0. The van der Waals surface area contributed by atoms with Gasteiger partial charge in [-0.15, -0.1) is 10.2 Å². The molecule has 0 spiro atoms. The molecule has 0 bridgehead atoms. The van der Waals surface area contributed by atoms with Gasteiger partial charge in [0.1, 0.15) is 5.82 Å². The van der Waals surface area contributed by atoms with Crippen molar-refractivity contribution in [1.82, 2.24) is 14.8 Å². The van der Waals surface area contributed by atoms with Crippen LogP contribution < -0.4 is 11.1 Å². The molecule has 1 fully saturated rings. The Bertz CT molecular complexity index is 1030. The number of amides is 2. The van der Waals surface area contributed by atoms with Crippen molar-refractivity contribution in [2.24, 2.45) is 5.73 Å². The molecule has 30 heavy (non-hydrogen) atoms. The molecule has 1 aliphatic rings. The van der Waals surface area contributed by atoms with Crippen molar-refractivity contribution in [1.29, 1.82) is 0 Å². The van der Waals surface area contributed by atoms with Crippen LogP contribution in [0.15, 0.2) is 59.8 Å². The maximum atomic E-state index is 12.4. The summed E-state index contributed by atoms with van der Waals surface area (Å²) in [6, 6.07) is 17.4. The molecule has 0 unspecified atom stereocenters. The van der Waals surface area contributed by atoms with Gasteiger partial charge in [-0.1, -0.05) is 42.1 Å². The first kappa shape index (κ1) is 20.2. The highest BCUT2D eigenvalue weighted by atomic mass is 32.2. The molecule has 0 radical (unpaired) electrons. The molecule has 1 aromatic heterocycles. The van der Waals surface area contributed by atoms with Gasteiger partial charge in [0.25, 0.3) is 5.91 Å². The molecule has 1 saturated carbocycles. The summed E-state index contributed by atoms with van der Waals surface area (Å²) in [4.78, 5) is 23.5. The van der Waals surface area contributed by atoms with Gasteiger partial charge in [0.2, 0.25) is 5.91 Å². The van der Waals surface area contributed by atoms with E-state index in [1.54, 1.807) is 11.8 Å². The topological polar surface area (TPSA) is 103 Å². The molecule has 2 amide bonds. The number of nitrogens with one attached hydrogen (secondary N) is 1. The van der Waals surface area contributed by atoms with Gasteiger partial charge in [0.05, 0.1) is 0 Å². The average molecular weight is 422 g/mol. The monoisotopic (exact) mass is 421 g/mol. The normalized spacial score (nSPS) is 13.2. The van der Waals surface area contributed by atoms with Crippen molar-refractivity contribution < 1.29 is 9.59 Å². The van der Waals surface area contributed by atoms with E-state index in [-0.39, 0.29) is 18.2 Å². The summed E-state index contributed by atoms with van der Waals surface area (Å²) in [7, 11) is 0. The predicted octanol–water partition coefficient (Wildman–Crippen LogP) is 3.58. The Morgan fingerprint density at radius 1 is 1.07 bits per heavy atom. The fourth-order valence-electron chi connectivity index (χ4n) is 3.14. The SMILES string of the molecule is NC(=O)CCc1nnc(SCc2ccc(C(=O)Nc3ccccc3)cc2)n1C1CC1. The number of para-hydroxylation sites is 1. The van der Waals surface area contributed by atoms with Gasteiger partial charge in [-0.2, -0.15) is 0 Å². The molecule has 154 valence electrons. The van der Waals surface area contributed by atoms with E-state index >= 15 is 0 Å². The molecule has 3 aromatic rings. The minimum Gasteiger partial charge on any atom is -0.370 e. The molecular formula is C22H23N5O2S. The number of carbonyl (C=O) groups excluding carboxylic acids is 2. The van der Waals surface area contributed by atoms with Crippen LogP contribution in [-0.2, 0) is 17.0 Å². The number of aromatic nitrogens is 3. The fraction of sp³-hybridized carbons (Fsp3) is 0.273. The third-order valence-electron chi connectivity index (χ3n) is 4.86. The van der Waals surface area contributed by atoms with Gasteiger partial charge >= 0.3 is 0 Å². The molecule has 8 heteroatoms. The minimum absolute atomic E-state index is 0.132. The minimum atomic E-state index is -0.328. The lowest BCUT2D eigenvalue weighted by molar-refractivity contribution is -0.118. The lowest BCUT2D eigenvalue weighted by Crippen LogP contribution is -2.13. The first-order chi connectivity index (χ1) is 14.6. The number of nitrogens with two attached hydrogens (primary N) is 1. The second-order valence-corrected chi connectivity index (χ2v) is 8.21. The average Bonchev–Trinajstić information content (AvgIpc) is 3.51. The predicted molar refractivity (Wildman–Crippen MR) is 116 cm³/mol. The van der Waals surface area contributed by atoms with E-state index in [4.69, 9.17) is 5.73 Å². The quantitative estimate of drug-likeness (QED) is 0.514. The number of nitrogens with zero attached hydrogens (tertiary/aromatic N) is 3. The molecule has 4 rings (SSSR count). The Morgan fingerprint density at radius 2 is 1.80 bits per heavy atom. The van der Waals surface area contributed by atoms with Gasteiger partial charge in [-0.05, 0) is 42.7 Å². The van der Waals surface area contributed by atoms with Gasteiger partial charge in [0, 0.05) is 35.9 Å². The lowest BCUT2D eigenvalue weighted by atomic mass is 10.1. The van der Waals surface area contributed by atoms with Crippen molar-refractivity contribution in [3.63, 3.8) is 0 Å². The van der Waals surface area contributed by atoms with E-state index in [0.29, 0.717) is 18.0 Å². The van der Waals surface area contributed by atoms with Gasteiger partial charge in [-0.3, -0.25) is 9.59 Å². The van der Waals surface area contributed by atoms with Crippen LogP contribution in [-0.4, -0.2) is 26.6 Å².